The van der Waals surface area contributed by atoms with Crippen molar-refractivity contribution in [2.75, 3.05) is 14.2 Å². The average Bonchev–Trinajstić information content (AvgIpc) is 3.26. The van der Waals surface area contributed by atoms with Gasteiger partial charge in [-0.1, -0.05) is 103 Å². The number of ether oxygens (including phenoxy) is 6. The van der Waals surface area contributed by atoms with E-state index in [9.17, 15) is 9.59 Å². The van der Waals surface area contributed by atoms with Gasteiger partial charge >= 0.3 is 11.9 Å². The van der Waals surface area contributed by atoms with Crippen LogP contribution in [0.1, 0.15) is 57.3 Å². The highest BCUT2D eigenvalue weighted by Gasteiger charge is 2.38. The van der Waals surface area contributed by atoms with Crippen LogP contribution in [0.5, 0.6) is 17.2 Å². The second-order valence-electron chi connectivity index (χ2n) is 13.8. The molecule has 0 aliphatic carbocycles. The minimum absolute atomic E-state index is 0.0783. The zero-order valence-corrected chi connectivity index (χ0v) is 31.9. The quantitative estimate of drug-likeness (QED) is 0.0718. The van der Waals surface area contributed by atoms with Gasteiger partial charge < -0.3 is 33.5 Å². The van der Waals surface area contributed by atoms with Gasteiger partial charge in [0.05, 0.1) is 46.9 Å². The zero-order chi connectivity index (χ0) is 39.6. The lowest BCUT2D eigenvalue weighted by Gasteiger charge is -2.36. The predicted molar refractivity (Wildman–Crippen MR) is 215 cm³/mol. The van der Waals surface area contributed by atoms with E-state index in [-0.39, 0.29) is 19.4 Å². The summed E-state index contributed by atoms with van der Waals surface area (Å²) >= 11 is 0. The van der Waals surface area contributed by atoms with E-state index in [0.29, 0.717) is 26.4 Å². The van der Waals surface area contributed by atoms with E-state index >= 15 is 0 Å². The number of rotatable bonds is 17. The second-order valence-corrected chi connectivity index (χ2v) is 13.8. The van der Waals surface area contributed by atoms with Gasteiger partial charge in [-0.3, -0.25) is 9.59 Å². The number of hydrogen-bond acceptors (Lipinski definition) is 8. The van der Waals surface area contributed by atoms with Crippen molar-refractivity contribution in [3.05, 3.63) is 184 Å². The van der Waals surface area contributed by atoms with E-state index in [4.69, 9.17) is 33.5 Å². The van der Waals surface area contributed by atoms with Crippen molar-refractivity contribution in [3.8, 4) is 28.4 Å². The SMILES string of the molecule is COc1ccc(C(OCc2ccc3c(c2)OCc2cc(COCc4cccc(COC(=O)CCC(=O)O)c4)ccc2-3)(c2ccccc2)c2ccc(OC)cc2)cc1. The topological polar surface area (TPSA) is 110 Å². The molecule has 7 rings (SSSR count). The molecule has 6 aromatic carbocycles. The summed E-state index contributed by atoms with van der Waals surface area (Å²) in [7, 11) is 3.32. The Kier molecular flexibility index (Phi) is 12.3. The molecule has 1 N–H and O–H groups in total. The maximum absolute atomic E-state index is 11.8. The highest BCUT2D eigenvalue weighted by molar-refractivity contribution is 5.77. The predicted octanol–water partition coefficient (Wildman–Crippen LogP) is 9.40. The molecule has 0 aromatic heterocycles. The molecule has 57 heavy (non-hydrogen) atoms. The first-order valence-electron chi connectivity index (χ1n) is 18.7. The Hall–Kier alpha value is -6.42. The number of fused-ring (bicyclic) bond motifs is 3. The molecule has 1 aliphatic heterocycles. The van der Waals surface area contributed by atoms with Crippen molar-refractivity contribution in [1.82, 2.24) is 0 Å². The molecule has 1 heterocycles. The van der Waals surface area contributed by atoms with Gasteiger partial charge in [-0.2, -0.15) is 0 Å². The molecular formula is C48H44O9. The zero-order valence-electron chi connectivity index (χ0n) is 31.9. The Balaban J connectivity index is 1.05. The molecule has 0 amide bonds. The van der Waals surface area contributed by atoms with Gasteiger partial charge in [-0.15, -0.1) is 0 Å². The minimum atomic E-state index is -1.03. The van der Waals surface area contributed by atoms with Crippen LogP contribution in [0, 0.1) is 0 Å². The number of methoxy groups -OCH3 is 2. The third-order valence-electron chi connectivity index (χ3n) is 9.99. The van der Waals surface area contributed by atoms with Crippen LogP contribution >= 0.6 is 0 Å². The Bertz CT molecular complexity index is 2250. The fourth-order valence-corrected chi connectivity index (χ4v) is 7.08. The van der Waals surface area contributed by atoms with Gasteiger partial charge in [-0.25, -0.2) is 0 Å². The summed E-state index contributed by atoms with van der Waals surface area (Å²) < 4.78 is 35.7. The van der Waals surface area contributed by atoms with Crippen molar-refractivity contribution in [3.63, 3.8) is 0 Å². The maximum atomic E-state index is 11.8. The maximum Gasteiger partial charge on any atom is 0.306 e. The van der Waals surface area contributed by atoms with Crippen molar-refractivity contribution in [1.29, 1.82) is 0 Å². The van der Waals surface area contributed by atoms with Crippen LogP contribution in [-0.4, -0.2) is 31.3 Å². The number of carboxylic acids is 1. The lowest BCUT2D eigenvalue weighted by atomic mass is 9.80. The van der Waals surface area contributed by atoms with Crippen molar-refractivity contribution >= 4 is 11.9 Å². The molecule has 0 unspecified atom stereocenters. The summed E-state index contributed by atoms with van der Waals surface area (Å²) in [6.45, 7) is 1.61. The summed E-state index contributed by atoms with van der Waals surface area (Å²) in [5, 5.41) is 8.76. The molecule has 1 aliphatic rings. The molecule has 0 radical (unpaired) electrons. The fourth-order valence-electron chi connectivity index (χ4n) is 7.08. The molecule has 290 valence electrons. The van der Waals surface area contributed by atoms with Gasteiger partial charge in [0.25, 0.3) is 0 Å². The monoisotopic (exact) mass is 764 g/mol. The Morgan fingerprint density at radius 2 is 1.18 bits per heavy atom. The van der Waals surface area contributed by atoms with E-state index in [1.54, 1.807) is 14.2 Å². The largest absolute Gasteiger partial charge is 0.497 e. The number of aliphatic carboxylic acids is 1. The number of hydrogen-bond donors (Lipinski definition) is 1. The second kappa shape index (κ2) is 18.0. The summed E-state index contributed by atoms with van der Waals surface area (Å²) in [6.07, 6.45) is -0.404. The van der Waals surface area contributed by atoms with E-state index in [1.807, 2.05) is 66.7 Å². The highest BCUT2D eigenvalue weighted by atomic mass is 16.5. The summed E-state index contributed by atoms with van der Waals surface area (Å²) in [5.41, 5.74) is 8.96. The van der Waals surface area contributed by atoms with Crippen LogP contribution in [0.25, 0.3) is 11.1 Å². The average molecular weight is 765 g/mol. The van der Waals surface area contributed by atoms with E-state index in [2.05, 4.69) is 72.8 Å². The van der Waals surface area contributed by atoms with Gasteiger partial charge in [0.15, 0.2) is 0 Å². The van der Waals surface area contributed by atoms with Gasteiger partial charge in [0, 0.05) is 5.56 Å². The number of carbonyl (C=O) groups excluding carboxylic acids is 1. The standard InChI is InChI=1S/C48H44O9/c1-52-41-17-13-39(14-18-41)48(38-9-4-3-5-10-38,40-15-19-42(53-2)20-16-40)57-31-36-12-22-44-43-21-11-35(26-37(43)32-55-45(44)27-36)29-54-28-33-7-6-8-34(25-33)30-56-47(51)24-23-46(49)50/h3-22,25-27H,23-24,28-32H2,1-2H3,(H,49,50). The summed E-state index contributed by atoms with van der Waals surface area (Å²) in [4.78, 5) is 22.5. The summed E-state index contributed by atoms with van der Waals surface area (Å²) in [5.74, 6) is 0.764. The number of esters is 1. The number of carboxylic acid groups (broad SMARTS) is 1. The smallest absolute Gasteiger partial charge is 0.306 e. The van der Waals surface area contributed by atoms with Crippen molar-refractivity contribution < 1.29 is 43.1 Å². The summed E-state index contributed by atoms with van der Waals surface area (Å²) in [6, 6.07) is 46.5. The molecule has 6 aromatic rings. The van der Waals surface area contributed by atoms with Crippen molar-refractivity contribution in [2.24, 2.45) is 0 Å². The van der Waals surface area contributed by atoms with Crippen LogP contribution in [0.2, 0.25) is 0 Å². The van der Waals surface area contributed by atoms with E-state index in [0.717, 1.165) is 72.9 Å². The molecule has 0 fully saturated rings. The highest BCUT2D eigenvalue weighted by Crippen LogP contribution is 2.43. The van der Waals surface area contributed by atoms with Crippen LogP contribution in [0.15, 0.2) is 140 Å². The number of carbonyl (C=O) groups is 2. The van der Waals surface area contributed by atoms with Crippen LogP contribution in [0.4, 0.5) is 0 Å². The van der Waals surface area contributed by atoms with Crippen LogP contribution in [0.3, 0.4) is 0 Å². The van der Waals surface area contributed by atoms with Gasteiger partial charge in [0.2, 0.25) is 0 Å². The first-order chi connectivity index (χ1) is 27.8. The Morgan fingerprint density at radius 1 is 0.596 bits per heavy atom. The molecule has 0 saturated heterocycles. The Labute approximate surface area is 332 Å². The third kappa shape index (κ3) is 9.18. The third-order valence-corrected chi connectivity index (χ3v) is 9.99. The van der Waals surface area contributed by atoms with E-state index in [1.165, 1.54) is 0 Å². The lowest BCUT2D eigenvalue weighted by molar-refractivity contribution is -0.148. The van der Waals surface area contributed by atoms with Crippen molar-refractivity contribution in [2.45, 2.75) is 51.5 Å². The van der Waals surface area contributed by atoms with Crippen LogP contribution < -0.4 is 14.2 Å². The molecule has 0 spiro atoms. The van der Waals surface area contributed by atoms with E-state index < -0.39 is 17.5 Å². The van der Waals surface area contributed by atoms with Crippen LogP contribution in [-0.2, 0) is 62.4 Å². The molecule has 0 saturated carbocycles. The normalized spacial score (nSPS) is 11.8. The fraction of sp³-hybridized carbons (Fsp3) is 0.208. The molecule has 0 bridgehead atoms. The van der Waals surface area contributed by atoms with Gasteiger partial charge in [0.1, 0.15) is 36.1 Å². The first-order valence-corrected chi connectivity index (χ1v) is 18.7. The first kappa shape index (κ1) is 38.8. The molecular weight excluding hydrogens is 721 g/mol. The lowest BCUT2D eigenvalue weighted by Crippen LogP contribution is -2.32. The number of benzene rings is 6. The molecule has 9 nitrogen and oxygen atoms in total. The molecule has 0 atom stereocenters. The minimum Gasteiger partial charge on any atom is -0.497 e. The Morgan fingerprint density at radius 3 is 1.81 bits per heavy atom. The van der Waals surface area contributed by atoms with Gasteiger partial charge in [-0.05, 0) is 86.5 Å². The molecule has 9 heteroatoms.